The van der Waals surface area contributed by atoms with Crippen LogP contribution in [0.2, 0.25) is 0 Å². The van der Waals surface area contributed by atoms with Gasteiger partial charge in [-0.05, 0) is 74.9 Å². The van der Waals surface area contributed by atoms with Crippen LogP contribution in [0.25, 0.3) is 0 Å². The van der Waals surface area contributed by atoms with Crippen molar-refractivity contribution in [3.05, 3.63) is 28.8 Å². The van der Waals surface area contributed by atoms with Gasteiger partial charge in [0.15, 0.2) is 6.10 Å². The number of fused-ring (bicyclic) bond motifs is 1. The zero-order valence-corrected chi connectivity index (χ0v) is 13.6. The highest BCUT2D eigenvalue weighted by molar-refractivity contribution is 5.82. The van der Waals surface area contributed by atoms with Gasteiger partial charge in [-0.2, -0.15) is 0 Å². The summed E-state index contributed by atoms with van der Waals surface area (Å²) in [7, 11) is 0. The summed E-state index contributed by atoms with van der Waals surface area (Å²) in [6.45, 7) is 7.14. The number of piperidine rings is 1. The molecule has 0 aromatic heterocycles. The highest BCUT2D eigenvalue weighted by Gasteiger charge is 2.29. The fourth-order valence-electron chi connectivity index (χ4n) is 3.34. The molecule has 2 aliphatic rings. The van der Waals surface area contributed by atoms with E-state index in [0.29, 0.717) is 12.3 Å². The van der Waals surface area contributed by atoms with Gasteiger partial charge in [0.1, 0.15) is 5.75 Å². The first-order valence-corrected chi connectivity index (χ1v) is 8.38. The van der Waals surface area contributed by atoms with E-state index in [1.54, 1.807) is 0 Å². The summed E-state index contributed by atoms with van der Waals surface area (Å²) in [5, 5.41) is 6.46. The molecule has 1 saturated heterocycles. The number of aryl methyl sites for hydroxylation is 2. The molecule has 1 fully saturated rings. The second kappa shape index (κ2) is 6.69. The highest BCUT2D eigenvalue weighted by atomic mass is 16.5. The van der Waals surface area contributed by atoms with Crippen molar-refractivity contribution < 1.29 is 9.53 Å². The highest BCUT2D eigenvalue weighted by Crippen LogP contribution is 2.31. The van der Waals surface area contributed by atoms with E-state index in [2.05, 4.69) is 30.5 Å². The maximum atomic E-state index is 12.3. The van der Waals surface area contributed by atoms with Gasteiger partial charge in [-0.1, -0.05) is 6.07 Å². The van der Waals surface area contributed by atoms with E-state index >= 15 is 0 Å². The lowest BCUT2D eigenvalue weighted by molar-refractivity contribution is -0.127. The molecule has 120 valence electrons. The van der Waals surface area contributed by atoms with Gasteiger partial charge < -0.3 is 15.4 Å². The number of ether oxygens (including phenoxy) is 1. The lowest BCUT2D eigenvalue weighted by atomic mass is 9.96. The molecule has 2 unspecified atom stereocenters. The van der Waals surface area contributed by atoms with Crippen LogP contribution in [0.15, 0.2) is 12.1 Å². The molecule has 2 aliphatic heterocycles. The number of nitrogens with one attached hydrogen (secondary N) is 2. The van der Waals surface area contributed by atoms with E-state index in [0.717, 1.165) is 37.4 Å². The Morgan fingerprint density at radius 3 is 2.95 bits per heavy atom. The SMILES string of the molecule is Cc1cc2c(cc1C)OC(C(=O)NCCC1CCCNC1)C2. The molecule has 1 aromatic rings. The number of rotatable bonds is 4. The molecule has 0 spiro atoms. The lowest BCUT2D eigenvalue weighted by Crippen LogP contribution is -2.39. The molecule has 2 atom stereocenters. The van der Waals surface area contributed by atoms with Crippen LogP contribution in [0.5, 0.6) is 5.75 Å². The molecule has 1 aromatic carbocycles. The van der Waals surface area contributed by atoms with Crippen molar-refractivity contribution in [3.63, 3.8) is 0 Å². The molecule has 0 radical (unpaired) electrons. The standard InChI is InChI=1S/C18H26N2O2/c1-12-8-15-10-17(22-16(15)9-13(12)2)18(21)20-7-5-14-4-3-6-19-11-14/h8-9,14,17,19H,3-7,10-11H2,1-2H3,(H,20,21). The Labute approximate surface area is 132 Å². The molecular formula is C18H26N2O2. The fraction of sp³-hybridized carbons (Fsp3) is 0.611. The minimum absolute atomic E-state index is 0.0234. The normalized spacial score (nSPS) is 23.7. The van der Waals surface area contributed by atoms with Crippen molar-refractivity contribution >= 4 is 5.91 Å². The molecule has 3 rings (SSSR count). The number of hydrogen-bond acceptors (Lipinski definition) is 3. The first-order chi connectivity index (χ1) is 10.6. The van der Waals surface area contributed by atoms with Gasteiger partial charge in [-0.15, -0.1) is 0 Å². The molecule has 22 heavy (non-hydrogen) atoms. The van der Waals surface area contributed by atoms with Crippen LogP contribution >= 0.6 is 0 Å². The van der Waals surface area contributed by atoms with Gasteiger partial charge in [-0.25, -0.2) is 0 Å². The number of hydrogen-bond donors (Lipinski definition) is 2. The lowest BCUT2D eigenvalue weighted by Gasteiger charge is -2.22. The third-order valence-corrected chi connectivity index (χ3v) is 4.89. The smallest absolute Gasteiger partial charge is 0.261 e. The van der Waals surface area contributed by atoms with Crippen LogP contribution in [0.3, 0.4) is 0 Å². The van der Waals surface area contributed by atoms with Crippen molar-refractivity contribution in [2.45, 2.75) is 45.6 Å². The Bertz CT molecular complexity index is 519. The summed E-state index contributed by atoms with van der Waals surface area (Å²) >= 11 is 0. The monoisotopic (exact) mass is 302 g/mol. The number of carbonyl (C=O) groups excluding carboxylic acids is 1. The Balaban J connectivity index is 1.47. The predicted octanol–water partition coefficient (Wildman–Crippen LogP) is 2.11. The van der Waals surface area contributed by atoms with Crippen LogP contribution < -0.4 is 15.4 Å². The maximum absolute atomic E-state index is 12.3. The van der Waals surface area contributed by atoms with Crippen molar-refractivity contribution in [2.24, 2.45) is 5.92 Å². The van der Waals surface area contributed by atoms with Gasteiger partial charge in [0.25, 0.3) is 5.91 Å². The molecule has 0 bridgehead atoms. The van der Waals surface area contributed by atoms with Crippen molar-refractivity contribution in [1.29, 1.82) is 0 Å². The first-order valence-electron chi connectivity index (χ1n) is 8.38. The summed E-state index contributed by atoms with van der Waals surface area (Å²) in [6.07, 6.45) is 3.90. The quantitative estimate of drug-likeness (QED) is 0.895. The van der Waals surface area contributed by atoms with Crippen LogP contribution in [-0.4, -0.2) is 31.6 Å². The van der Waals surface area contributed by atoms with Crippen LogP contribution in [-0.2, 0) is 11.2 Å². The Morgan fingerprint density at radius 1 is 1.36 bits per heavy atom. The molecule has 4 nitrogen and oxygen atoms in total. The maximum Gasteiger partial charge on any atom is 0.261 e. The average Bonchev–Trinajstić information content (AvgIpc) is 2.91. The Morgan fingerprint density at radius 2 is 2.18 bits per heavy atom. The van der Waals surface area contributed by atoms with E-state index in [1.807, 2.05) is 6.07 Å². The number of carbonyl (C=O) groups is 1. The summed E-state index contributed by atoms with van der Waals surface area (Å²) in [5.74, 6) is 1.59. The minimum atomic E-state index is -0.360. The third-order valence-electron chi connectivity index (χ3n) is 4.89. The fourth-order valence-corrected chi connectivity index (χ4v) is 3.34. The second-order valence-electron chi connectivity index (χ2n) is 6.65. The van der Waals surface area contributed by atoms with Gasteiger partial charge >= 0.3 is 0 Å². The summed E-state index contributed by atoms with van der Waals surface area (Å²) < 4.78 is 5.82. The zero-order chi connectivity index (χ0) is 15.5. The first kappa shape index (κ1) is 15.3. The zero-order valence-electron chi connectivity index (χ0n) is 13.6. The minimum Gasteiger partial charge on any atom is -0.480 e. The largest absolute Gasteiger partial charge is 0.480 e. The van der Waals surface area contributed by atoms with E-state index in [4.69, 9.17) is 4.74 Å². The topological polar surface area (TPSA) is 50.4 Å². The van der Waals surface area contributed by atoms with Crippen LogP contribution in [0, 0.1) is 19.8 Å². The molecule has 0 aliphatic carbocycles. The van der Waals surface area contributed by atoms with Crippen LogP contribution in [0.4, 0.5) is 0 Å². The van der Waals surface area contributed by atoms with Gasteiger partial charge in [0.05, 0.1) is 0 Å². The Kier molecular flexibility index (Phi) is 4.67. The second-order valence-corrected chi connectivity index (χ2v) is 6.65. The summed E-state index contributed by atoms with van der Waals surface area (Å²) in [5.41, 5.74) is 3.62. The van der Waals surface area contributed by atoms with Gasteiger partial charge in [0, 0.05) is 13.0 Å². The van der Waals surface area contributed by atoms with Gasteiger partial charge in [-0.3, -0.25) is 4.79 Å². The van der Waals surface area contributed by atoms with Crippen molar-refractivity contribution in [1.82, 2.24) is 10.6 Å². The predicted molar refractivity (Wildman–Crippen MR) is 87.3 cm³/mol. The molecule has 4 heteroatoms. The summed E-state index contributed by atoms with van der Waals surface area (Å²) in [4.78, 5) is 12.3. The number of benzene rings is 1. The third kappa shape index (κ3) is 3.43. The molecule has 2 N–H and O–H groups in total. The molecule has 0 saturated carbocycles. The van der Waals surface area contributed by atoms with E-state index < -0.39 is 0 Å². The average molecular weight is 302 g/mol. The van der Waals surface area contributed by atoms with Crippen LogP contribution in [0.1, 0.15) is 36.0 Å². The molecule has 1 amide bonds. The van der Waals surface area contributed by atoms with E-state index in [9.17, 15) is 4.79 Å². The number of amides is 1. The Hall–Kier alpha value is -1.55. The molecular weight excluding hydrogens is 276 g/mol. The van der Waals surface area contributed by atoms with Crippen molar-refractivity contribution in [3.8, 4) is 5.75 Å². The van der Waals surface area contributed by atoms with E-state index in [-0.39, 0.29) is 12.0 Å². The van der Waals surface area contributed by atoms with E-state index in [1.165, 1.54) is 24.0 Å². The molecule has 2 heterocycles. The van der Waals surface area contributed by atoms with Gasteiger partial charge in [0.2, 0.25) is 0 Å². The van der Waals surface area contributed by atoms with Crippen molar-refractivity contribution in [2.75, 3.05) is 19.6 Å². The summed E-state index contributed by atoms with van der Waals surface area (Å²) in [6, 6.07) is 4.19.